The minimum atomic E-state index is -0.290. The number of nitrogens with zero attached hydrogens (tertiary/aromatic N) is 2. The number of ether oxygens (including phenoxy) is 2. The van der Waals surface area contributed by atoms with Gasteiger partial charge >= 0.3 is 0 Å². The van der Waals surface area contributed by atoms with Gasteiger partial charge in [-0.05, 0) is 36.3 Å². The van der Waals surface area contributed by atoms with Crippen LogP contribution in [0, 0.1) is 0 Å². The van der Waals surface area contributed by atoms with Crippen LogP contribution in [0.2, 0.25) is 0 Å². The van der Waals surface area contributed by atoms with Crippen LogP contribution in [0.15, 0.2) is 10.7 Å². The monoisotopic (exact) mass is 333 g/mol. The second kappa shape index (κ2) is 7.38. The summed E-state index contributed by atoms with van der Waals surface area (Å²) in [4.78, 5) is 0. The Kier molecular flexibility index (Phi) is 6.46. The fourth-order valence-corrected chi connectivity index (χ4v) is 2.74. The van der Waals surface area contributed by atoms with Gasteiger partial charge in [0.05, 0.1) is 41.2 Å². The molecule has 1 aromatic rings. The molecule has 0 bridgehead atoms. The Balaban J connectivity index is 3.13. The van der Waals surface area contributed by atoms with E-state index >= 15 is 0 Å². The Labute approximate surface area is 123 Å². The van der Waals surface area contributed by atoms with Crippen LogP contribution < -0.4 is 5.32 Å². The first kappa shape index (κ1) is 16.6. The number of hydrogen-bond donors (Lipinski definition) is 1. The molecule has 2 unspecified atom stereocenters. The van der Waals surface area contributed by atoms with E-state index in [0.29, 0.717) is 6.61 Å². The molecule has 0 radical (unpaired) electrons. The van der Waals surface area contributed by atoms with Gasteiger partial charge in [0, 0.05) is 14.2 Å². The minimum Gasteiger partial charge on any atom is -0.383 e. The molecule has 0 spiro atoms. The SMILES string of the molecule is CCC(C)(OC)C(NC)c1c(Br)cnn1CCOC. The summed E-state index contributed by atoms with van der Waals surface area (Å²) >= 11 is 3.58. The molecule has 0 saturated carbocycles. The first-order valence-corrected chi connectivity index (χ1v) is 7.25. The van der Waals surface area contributed by atoms with E-state index in [2.05, 4.69) is 40.2 Å². The lowest BCUT2D eigenvalue weighted by molar-refractivity contribution is -0.0306. The third kappa shape index (κ3) is 3.56. The topological polar surface area (TPSA) is 48.3 Å². The molecule has 0 saturated heterocycles. The molecule has 1 rings (SSSR count). The smallest absolute Gasteiger partial charge is 0.0857 e. The second-order valence-electron chi connectivity index (χ2n) is 4.69. The van der Waals surface area contributed by atoms with Gasteiger partial charge in [-0.15, -0.1) is 0 Å². The Morgan fingerprint density at radius 3 is 2.68 bits per heavy atom. The highest BCUT2D eigenvalue weighted by Gasteiger charge is 2.36. The normalized spacial score (nSPS) is 16.3. The van der Waals surface area contributed by atoms with Crippen molar-refractivity contribution >= 4 is 15.9 Å². The van der Waals surface area contributed by atoms with Crippen LogP contribution in [-0.2, 0) is 16.0 Å². The summed E-state index contributed by atoms with van der Waals surface area (Å²) in [5.74, 6) is 0. The van der Waals surface area contributed by atoms with Crippen molar-refractivity contribution in [1.82, 2.24) is 15.1 Å². The highest BCUT2D eigenvalue weighted by Crippen LogP contribution is 2.35. The average Bonchev–Trinajstić information content (AvgIpc) is 2.78. The average molecular weight is 334 g/mol. The lowest BCUT2D eigenvalue weighted by Crippen LogP contribution is -2.42. The van der Waals surface area contributed by atoms with Crippen molar-refractivity contribution in [2.45, 2.75) is 38.5 Å². The van der Waals surface area contributed by atoms with Crippen molar-refractivity contribution in [2.75, 3.05) is 27.9 Å². The maximum atomic E-state index is 5.72. The zero-order valence-electron chi connectivity index (χ0n) is 12.4. The van der Waals surface area contributed by atoms with Gasteiger partial charge in [0.25, 0.3) is 0 Å². The van der Waals surface area contributed by atoms with Gasteiger partial charge < -0.3 is 14.8 Å². The molecule has 0 aliphatic carbocycles. The Morgan fingerprint density at radius 2 is 2.21 bits per heavy atom. The standard InChI is InChI=1S/C13H24BrN3O2/c1-6-13(2,19-5)12(15-3)11-10(14)9-16-17(11)7-8-18-4/h9,12,15H,6-8H2,1-5H3. The van der Waals surface area contributed by atoms with Crippen molar-refractivity contribution in [3.05, 3.63) is 16.4 Å². The van der Waals surface area contributed by atoms with Crippen LogP contribution >= 0.6 is 15.9 Å². The molecule has 0 aliphatic rings. The third-order valence-corrected chi connectivity index (χ3v) is 4.29. The zero-order valence-corrected chi connectivity index (χ0v) is 14.0. The second-order valence-corrected chi connectivity index (χ2v) is 5.54. The number of halogens is 1. The van der Waals surface area contributed by atoms with Crippen LogP contribution in [0.3, 0.4) is 0 Å². The van der Waals surface area contributed by atoms with Crippen LogP contribution in [0.25, 0.3) is 0 Å². The van der Waals surface area contributed by atoms with Crippen LogP contribution in [0.1, 0.15) is 32.0 Å². The summed E-state index contributed by atoms with van der Waals surface area (Å²) in [5.41, 5.74) is 0.799. The lowest BCUT2D eigenvalue weighted by Gasteiger charge is -2.36. The molecule has 0 fully saturated rings. The molecule has 1 heterocycles. The van der Waals surface area contributed by atoms with E-state index in [1.807, 2.05) is 17.9 Å². The number of aromatic nitrogens is 2. The van der Waals surface area contributed by atoms with Crippen LogP contribution in [0.4, 0.5) is 0 Å². The molecule has 0 aromatic carbocycles. The van der Waals surface area contributed by atoms with E-state index < -0.39 is 0 Å². The summed E-state index contributed by atoms with van der Waals surface area (Å²) in [6.07, 6.45) is 2.72. The van der Waals surface area contributed by atoms with Gasteiger partial charge in [0.1, 0.15) is 0 Å². The Hall–Kier alpha value is -0.430. The van der Waals surface area contributed by atoms with Gasteiger partial charge in [-0.25, -0.2) is 0 Å². The summed E-state index contributed by atoms with van der Waals surface area (Å²) in [7, 11) is 5.38. The van der Waals surface area contributed by atoms with E-state index in [1.54, 1.807) is 14.2 Å². The van der Waals surface area contributed by atoms with E-state index in [4.69, 9.17) is 9.47 Å². The van der Waals surface area contributed by atoms with Crippen LogP contribution in [-0.4, -0.2) is 43.3 Å². The third-order valence-electron chi connectivity index (χ3n) is 3.68. The zero-order chi connectivity index (χ0) is 14.5. The van der Waals surface area contributed by atoms with E-state index in [-0.39, 0.29) is 11.6 Å². The van der Waals surface area contributed by atoms with Gasteiger partial charge in [-0.1, -0.05) is 6.92 Å². The molecule has 110 valence electrons. The first-order chi connectivity index (χ1) is 9.03. The molecular weight excluding hydrogens is 310 g/mol. The molecule has 19 heavy (non-hydrogen) atoms. The number of methoxy groups -OCH3 is 2. The molecule has 2 atom stereocenters. The van der Waals surface area contributed by atoms with Crippen molar-refractivity contribution in [1.29, 1.82) is 0 Å². The molecular formula is C13H24BrN3O2. The predicted molar refractivity (Wildman–Crippen MR) is 79.3 cm³/mol. The number of likely N-dealkylation sites (N-methyl/N-ethyl adjacent to an activating group) is 1. The number of nitrogens with one attached hydrogen (secondary N) is 1. The van der Waals surface area contributed by atoms with E-state index in [0.717, 1.165) is 23.1 Å². The summed E-state index contributed by atoms with van der Waals surface area (Å²) < 4.78 is 13.8. The molecule has 5 nitrogen and oxygen atoms in total. The highest BCUT2D eigenvalue weighted by molar-refractivity contribution is 9.10. The fourth-order valence-electron chi connectivity index (χ4n) is 2.21. The molecule has 1 aromatic heterocycles. The lowest BCUT2D eigenvalue weighted by atomic mass is 9.90. The minimum absolute atomic E-state index is 0.0521. The predicted octanol–water partition coefficient (Wildman–Crippen LogP) is 2.37. The molecule has 1 N–H and O–H groups in total. The van der Waals surface area contributed by atoms with Gasteiger partial charge in [-0.3, -0.25) is 4.68 Å². The maximum absolute atomic E-state index is 5.72. The summed E-state index contributed by atoms with van der Waals surface area (Å²) in [5, 5.41) is 7.75. The fraction of sp³-hybridized carbons (Fsp3) is 0.769. The molecule has 0 amide bonds. The summed E-state index contributed by atoms with van der Waals surface area (Å²) in [6.45, 7) is 5.58. The largest absolute Gasteiger partial charge is 0.383 e. The first-order valence-electron chi connectivity index (χ1n) is 6.46. The van der Waals surface area contributed by atoms with Gasteiger partial charge in [0.2, 0.25) is 0 Å². The maximum Gasteiger partial charge on any atom is 0.0857 e. The van der Waals surface area contributed by atoms with Crippen molar-refractivity contribution in [2.24, 2.45) is 0 Å². The quantitative estimate of drug-likeness (QED) is 0.793. The molecule has 0 aliphatic heterocycles. The van der Waals surface area contributed by atoms with Crippen molar-refractivity contribution < 1.29 is 9.47 Å². The molecule has 6 heteroatoms. The van der Waals surface area contributed by atoms with Crippen LogP contribution in [0.5, 0.6) is 0 Å². The van der Waals surface area contributed by atoms with Crippen molar-refractivity contribution in [3.63, 3.8) is 0 Å². The Morgan fingerprint density at radius 1 is 1.53 bits per heavy atom. The highest BCUT2D eigenvalue weighted by atomic mass is 79.9. The number of rotatable bonds is 8. The van der Waals surface area contributed by atoms with E-state index in [1.165, 1.54) is 0 Å². The Bertz CT molecular complexity index is 391. The van der Waals surface area contributed by atoms with E-state index in [9.17, 15) is 0 Å². The van der Waals surface area contributed by atoms with Crippen molar-refractivity contribution in [3.8, 4) is 0 Å². The number of hydrogen-bond acceptors (Lipinski definition) is 4. The summed E-state index contributed by atoms with van der Waals surface area (Å²) in [6, 6.07) is 0.0521. The van der Waals surface area contributed by atoms with Gasteiger partial charge in [-0.2, -0.15) is 5.10 Å². The van der Waals surface area contributed by atoms with Gasteiger partial charge in [0.15, 0.2) is 0 Å².